The molecule has 0 fully saturated rings. The zero-order chi connectivity index (χ0) is 38.9. The molecule has 0 saturated carbocycles. The molecule has 0 saturated heterocycles. The minimum absolute atomic E-state index is 0.0570. The van der Waals surface area contributed by atoms with Crippen molar-refractivity contribution in [1.82, 2.24) is 0 Å². The summed E-state index contributed by atoms with van der Waals surface area (Å²) in [6, 6.07) is 68.8. The maximum Gasteiger partial charge on any atom is 0.0159 e. The topological polar surface area (TPSA) is 0 Å². The monoisotopic (exact) mass is 738 g/mol. The van der Waals surface area contributed by atoms with Gasteiger partial charge in [-0.2, -0.15) is 0 Å². The van der Waals surface area contributed by atoms with Gasteiger partial charge in [0.05, 0.1) is 0 Å². The third-order valence-corrected chi connectivity index (χ3v) is 13.8. The van der Waals surface area contributed by atoms with E-state index in [0.29, 0.717) is 0 Å². The summed E-state index contributed by atoms with van der Waals surface area (Å²) in [5, 5.41) is 10.3. The van der Waals surface area contributed by atoms with Crippen molar-refractivity contribution in [3.05, 3.63) is 204 Å². The van der Waals surface area contributed by atoms with Gasteiger partial charge in [0.15, 0.2) is 0 Å². The van der Waals surface area contributed by atoms with Crippen molar-refractivity contribution < 1.29 is 0 Å². The molecule has 10 aromatic rings. The molecule has 0 spiro atoms. The fourth-order valence-electron chi connectivity index (χ4n) is 11.0. The minimum Gasteiger partial charge on any atom is -0.0619 e. The Balaban J connectivity index is 1.07. The van der Waals surface area contributed by atoms with Crippen molar-refractivity contribution in [2.75, 3.05) is 0 Å². The molecule has 0 N–H and O–H groups in total. The number of fused-ring (bicyclic) bond motifs is 11. The highest BCUT2D eigenvalue weighted by atomic mass is 14.4. The maximum absolute atomic E-state index is 2.53. The lowest BCUT2D eigenvalue weighted by molar-refractivity contribution is 0.661. The lowest BCUT2D eigenvalue weighted by Gasteiger charge is -2.24. The maximum atomic E-state index is 2.53. The highest BCUT2D eigenvalue weighted by molar-refractivity contribution is 6.24. The van der Waals surface area contributed by atoms with E-state index in [1.807, 2.05) is 0 Å². The van der Waals surface area contributed by atoms with E-state index in [-0.39, 0.29) is 10.8 Å². The van der Waals surface area contributed by atoms with Crippen LogP contribution in [0.3, 0.4) is 0 Å². The number of rotatable bonds is 3. The molecule has 0 aliphatic heterocycles. The van der Waals surface area contributed by atoms with Crippen LogP contribution in [-0.2, 0) is 10.8 Å². The summed E-state index contributed by atoms with van der Waals surface area (Å²) in [4.78, 5) is 0. The normalized spacial score (nSPS) is 14.5. The zero-order valence-electron chi connectivity index (χ0n) is 33.3. The quantitative estimate of drug-likeness (QED) is 0.158. The van der Waals surface area contributed by atoms with Crippen LogP contribution in [0.4, 0.5) is 0 Å². The van der Waals surface area contributed by atoms with Crippen molar-refractivity contribution >= 4 is 43.1 Å². The van der Waals surface area contributed by atoms with Gasteiger partial charge in [-0.25, -0.2) is 0 Å². The van der Waals surface area contributed by atoms with E-state index in [9.17, 15) is 0 Å². The van der Waals surface area contributed by atoms with Crippen LogP contribution in [0.25, 0.3) is 98.7 Å². The van der Waals surface area contributed by atoms with Crippen molar-refractivity contribution in [1.29, 1.82) is 0 Å². The number of hydrogen-bond donors (Lipinski definition) is 0. The van der Waals surface area contributed by atoms with Gasteiger partial charge < -0.3 is 0 Å². The molecule has 0 heterocycles. The highest BCUT2D eigenvalue weighted by Crippen LogP contribution is 2.55. The van der Waals surface area contributed by atoms with E-state index in [0.717, 1.165) is 0 Å². The van der Waals surface area contributed by atoms with Crippen LogP contribution in [0.15, 0.2) is 182 Å². The molecule has 0 heteroatoms. The lowest BCUT2D eigenvalue weighted by atomic mass is 9.79. The molecule has 274 valence electrons. The van der Waals surface area contributed by atoms with Gasteiger partial charge in [0.2, 0.25) is 0 Å². The molecule has 0 bridgehead atoms. The second-order valence-corrected chi connectivity index (χ2v) is 17.6. The van der Waals surface area contributed by atoms with E-state index in [2.05, 4.69) is 210 Å². The summed E-state index contributed by atoms with van der Waals surface area (Å²) in [6.45, 7) is 9.53. The molecule has 10 aromatic carbocycles. The van der Waals surface area contributed by atoms with Gasteiger partial charge in [-0.1, -0.05) is 179 Å². The Morgan fingerprint density at radius 3 is 1.47 bits per heavy atom. The molecule has 0 aromatic heterocycles. The van der Waals surface area contributed by atoms with Crippen molar-refractivity contribution in [2.24, 2.45) is 0 Å². The highest BCUT2D eigenvalue weighted by Gasteiger charge is 2.38. The summed E-state index contributed by atoms with van der Waals surface area (Å²) >= 11 is 0. The van der Waals surface area contributed by atoms with Crippen LogP contribution in [0.5, 0.6) is 0 Å². The summed E-state index contributed by atoms with van der Waals surface area (Å²) in [7, 11) is 0. The molecule has 0 radical (unpaired) electrons. The molecule has 58 heavy (non-hydrogen) atoms. The Hall–Kier alpha value is -6.76. The van der Waals surface area contributed by atoms with Gasteiger partial charge in [-0.15, -0.1) is 0 Å². The fourth-order valence-corrected chi connectivity index (χ4v) is 11.0. The molecule has 2 aliphatic rings. The first-order chi connectivity index (χ1) is 28.3. The van der Waals surface area contributed by atoms with Gasteiger partial charge >= 0.3 is 0 Å². The molecule has 12 rings (SSSR count). The Kier molecular flexibility index (Phi) is 6.84. The minimum atomic E-state index is -0.111. The van der Waals surface area contributed by atoms with Crippen LogP contribution in [0.1, 0.15) is 49.9 Å². The summed E-state index contributed by atoms with van der Waals surface area (Å²) in [5.74, 6) is 0. The molecule has 0 unspecified atom stereocenters. The third-order valence-electron chi connectivity index (χ3n) is 13.8. The van der Waals surface area contributed by atoms with E-state index >= 15 is 0 Å². The summed E-state index contributed by atoms with van der Waals surface area (Å²) in [5.41, 5.74) is 18.5. The second-order valence-electron chi connectivity index (χ2n) is 17.6. The molecule has 0 atom stereocenters. The number of benzene rings is 10. The average Bonchev–Trinajstić information content (AvgIpc) is 3.63. The lowest BCUT2D eigenvalue weighted by Crippen LogP contribution is -2.15. The van der Waals surface area contributed by atoms with Gasteiger partial charge in [0.1, 0.15) is 0 Å². The molecule has 0 nitrogen and oxygen atoms in total. The first-order valence-corrected chi connectivity index (χ1v) is 20.7. The smallest absolute Gasteiger partial charge is 0.0159 e. The SMILES string of the molecule is CC1(C)c2ccc(-c3cccc(-c4c5ccccc5c(-c5cc6c(c7ccccc57)-c5ccccc5C6(C)C)c5ccccc45)c3)cc2-c2cc3ccccc3cc21. The van der Waals surface area contributed by atoms with Crippen molar-refractivity contribution in [2.45, 2.75) is 38.5 Å². The van der Waals surface area contributed by atoms with Crippen LogP contribution in [0.2, 0.25) is 0 Å². The molecule has 0 amide bonds. The van der Waals surface area contributed by atoms with Gasteiger partial charge in [0.25, 0.3) is 0 Å². The van der Waals surface area contributed by atoms with Gasteiger partial charge in [-0.3, -0.25) is 0 Å². The Labute approximate surface area is 340 Å². The summed E-state index contributed by atoms with van der Waals surface area (Å²) < 4.78 is 0. The average molecular weight is 739 g/mol. The van der Waals surface area contributed by atoms with Gasteiger partial charge in [-0.05, 0) is 151 Å². The predicted molar refractivity (Wildman–Crippen MR) is 248 cm³/mol. The van der Waals surface area contributed by atoms with Crippen LogP contribution >= 0.6 is 0 Å². The Morgan fingerprint density at radius 2 is 0.759 bits per heavy atom. The number of hydrogen-bond acceptors (Lipinski definition) is 0. The fraction of sp³-hybridized carbons (Fsp3) is 0.103. The van der Waals surface area contributed by atoms with E-state index < -0.39 is 0 Å². The third kappa shape index (κ3) is 4.52. The van der Waals surface area contributed by atoms with Crippen molar-refractivity contribution in [3.63, 3.8) is 0 Å². The predicted octanol–water partition coefficient (Wildman–Crippen LogP) is 15.9. The Morgan fingerprint density at radius 1 is 0.259 bits per heavy atom. The van der Waals surface area contributed by atoms with E-state index in [4.69, 9.17) is 0 Å². The molecular formula is C58H42. The molecule has 2 aliphatic carbocycles. The van der Waals surface area contributed by atoms with Crippen molar-refractivity contribution in [3.8, 4) is 55.6 Å². The molecular weight excluding hydrogens is 697 g/mol. The van der Waals surface area contributed by atoms with Gasteiger partial charge in [0, 0.05) is 10.8 Å². The van der Waals surface area contributed by atoms with E-state index in [1.54, 1.807) is 0 Å². The summed E-state index contributed by atoms with van der Waals surface area (Å²) in [6.07, 6.45) is 0. The Bertz CT molecular complexity index is 3330. The standard InChI is InChI=1S/C58H42/c1-57(2)51-29-28-38(32-47(51)48-31-36-16-5-6-17-37(36)33-52(48)57)35-18-15-19-39(30-35)54-42-22-9-11-24-44(42)55(45-25-12-10-23-43(45)54)49-34-53-56(41-21-8-7-20-40(41)49)46-26-13-14-27-50(46)58(53,3)4/h5-34H,1-4H3. The first-order valence-electron chi connectivity index (χ1n) is 20.7. The first kappa shape index (κ1) is 33.4. The second kappa shape index (κ2) is 11.9. The van der Waals surface area contributed by atoms with Crippen LogP contribution in [-0.4, -0.2) is 0 Å². The largest absolute Gasteiger partial charge is 0.0619 e. The zero-order valence-corrected chi connectivity index (χ0v) is 33.3. The van der Waals surface area contributed by atoms with Crippen LogP contribution in [0, 0.1) is 0 Å². The van der Waals surface area contributed by atoms with E-state index in [1.165, 1.54) is 121 Å². The van der Waals surface area contributed by atoms with Crippen LogP contribution < -0.4 is 0 Å².